The average Bonchev–Trinajstić information content (AvgIpc) is 3.17. The van der Waals surface area contributed by atoms with Crippen LogP contribution in [0.4, 0.5) is 4.39 Å². The lowest BCUT2D eigenvalue weighted by atomic mass is 10.1. The molecule has 8 heteroatoms. The van der Waals surface area contributed by atoms with Crippen LogP contribution in [0.2, 0.25) is 0 Å². The number of nitrogens with one attached hydrogen (secondary N) is 1. The van der Waals surface area contributed by atoms with E-state index < -0.39 is 5.60 Å². The monoisotopic (exact) mass is 419 g/mol. The van der Waals surface area contributed by atoms with Crippen LogP contribution in [-0.2, 0) is 13.6 Å². The van der Waals surface area contributed by atoms with Crippen LogP contribution in [0.3, 0.4) is 0 Å². The van der Waals surface area contributed by atoms with Crippen molar-refractivity contribution >= 4 is 16.9 Å². The fourth-order valence-corrected chi connectivity index (χ4v) is 3.69. The van der Waals surface area contributed by atoms with E-state index in [1.807, 2.05) is 29.9 Å². The molecule has 1 saturated carbocycles. The molecular weight excluding hydrogens is 397 g/mol. The van der Waals surface area contributed by atoms with Crippen LogP contribution in [0.5, 0.6) is 0 Å². The minimum atomic E-state index is -0.777. The summed E-state index contributed by atoms with van der Waals surface area (Å²) in [7, 11) is 1.82. The molecule has 1 aliphatic rings. The van der Waals surface area contributed by atoms with Crippen molar-refractivity contribution in [2.75, 3.05) is 6.54 Å². The van der Waals surface area contributed by atoms with Crippen molar-refractivity contribution in [2.45, 2.75) is 25.0 Å². The molecule has 1 amide bonds. The van der Waals surface area contributed by atoms with Gasteiger partial charge in [-0.15, -0.1) is 0 Å². The normalized spacial score (nSPS) is 14.7. The number of aliphatic hydroxyl groups is 1. The summed E-state index contributed by atoms with van der Waals surface area (Å²) in [5, 5.41) is 16.9. The number of pyridine rings is 1. The highest BCUT2D eigenvalue weighted by atomic mass is 19.1. The molecule has 0 atom stereocenters. The van der Waals surface area contributed by atoms with Crippen molar-refractivity contribution in [1.82, 2.24) is 24.6 Å². The second-order valence-electron chi connectivity index (χ2n) is 8.16. The smallest absolute Gasteiger partial charge is 0.255 e. The predicted molar refractivity (Wildman–Crippen MR) is 114 cm³/mol. The summed E-state index contributed by atoms with van der Waals surface area (Å²) in [6.07, 6.45) is 8.24. The highest BCUT2D eigenvalue weighted by molar-refractivity contribution is 6.05. The summed E-state index contributed by atoms with van der Waals surface area (Å²) in [4.78, 5) is 17.1. The van der Waals surface area contributed by atoms with E-state index in [2.05, 4.69) is 15.4 Å². The summed E-state index contributed by atoms with van der Waals surface area (Å²) < 4.78 is 18.4. The Hall–Kier alpha value is -3.52. The number of halogens is 1. The van der Waals surface area contributed by atoms with Gasteiger partial charge < -0.3 is 15.0 Å². The van der Waals surface area contributed by atoms with Crippen molar-refractivity contribution in [3.63, 3.8) is 0 Å². The highest BCUT2D eigenvalue weighted by Crippen LogP contribution is 2.34. The molecule has 2 N–H and O–H groups in total. The zero-order valence-electron chi connectivity index (χ0n) is 17.0. The minimum Gasteiger partial charge on any atom is -0.388 e. The molecule has 1 aromatic carbocycles. The van der Waals surface area contributed by atoms with Gasteiger partial charge in [-0.05, 0) is 36.6 Å². The Labute approximate surface area is 178 Å². The Balaban J connectivity index is 1.43. The van der Waals surface area contributed by atoms with E-state index in [0.29, 0.717) is 29.5 Å². The lowest BCUT2D eigenvalue weighted by Crippen LogP contribution is -2.33. The summed E-state index contributed by atoms with van der Waals surface area (Å²) in [5.74, 6) is -0.621. The largest absolute Gasteiger partial charge is 0.388 e. The van der Waals surface area contributed by atoms with E-state index in [1.54, 1.807) is 35.4 Å². The van der Waals surface area contributed by atoms with Gasteiger partial charge >= 0.3 is 0 Å². The summed E-state index contributed by atoms with van der Waals surface area (Å²) in [6.45, 7) is 0.480. The van der Waals surface area contributed by atoms with Crippen LogP contribution in [0.25, 0.3) is 22.2 Å². The number of fused-ring (bicyclic) bond motifs is 1. The Morgan fingerprint density at radius 2 is 2.10 bits per heavy atom. The van der Waals surface area contributed by atoms with Gasteiger partial charge in [0.05, 0.1) is 29.4 Å². The standard InChI is InChI=1S/C23H22FN5O2/c1-28-11-17(10-27-28)15-4-5-16(19(24)9-15)12-29-13-18(21-20(29)3-2-8-25-21)22(30)26-14-23(31)6-7-23/h2-5,8-11,13,31H,6-7,12,14H2,1H3,(H,26,30). The SMILES string of the molecule is Cn1cc(-c2ccc(Cn3cc(C(=O)NCC4(O)CC4)c4ncccc43)c(F)c2)cn1. The van der Waals surface area contributed by atoms with Gasteiger partial charge in [-0.3, -0.25) is 14.5 Å². The number of aromatic nitrogens is 4. The van der Waals surface area contributed by atoms with E-state index in [1.165, 1.54) is 6.07 Å². The zero-order chi connectivity index (χ0) is 21.6. The number of nitrogens with zero attached hydrogens (tertiary/aromatic N) is 4. The molecule has 0 saturated heterocycles. The first kappa shape index (κ1) is 19.4. The van der Waals surface area contributed by atoms with Crippen molar-refractivity contribution in [1.29, 1.82) is 0 Å². The van der Waals surface area contributed by atoms with E-state index >= 15 is 0 Å². The number of carbonyl (C=O) groups excluding carboxylic acids is 1. The molecule has 7 nitrogen and oxygen atoms in total. The first-order valence-corrected chi connectivity index (χ1v) is 10.1. The van der Waals surface area contributed by atoms with Crippen molar-refractivity contribution in [2.24, 2.45) is 7.05 Å². The summed E-state index contributed by atoms with van der Waals surface area (Å²) in [6, 6.07) is 8.76. The van der Waals surface area contributed by atoms with Gasteiger partial charge in [0.2, 0.25) is 0 Å². The number of aryl methyl sites for hydroxylation is 1. The fraction of sp³-hybridized carbons (Fsp3) is 0.261. The topological polar surface area (TPSA) is 85.0 Å². The Morgan fingerprint density at radius 3 is 2.81 bits per heavy atom. The maximum atomic E-state index is 14.9. The minimum absolute atomic E-state index is 0.218. The lowest BCUT2D eigenvalue weighted by molar-refractivity contribution is 0.0897. The number of carbonyl (C=O) groups is 1. The van der Waals surface area contributed by atoms with Crippen molar-refractivity contribution in [3.8, 4) is 11.1 Å². The molecule has 0 spiro atoms. The van der Waals surface area contributed by atoms with Crippen LogP contribution in [-0.4, -0.2) is 42.5 Å². The van der Waals surface area contributed by atoms with Gasteiger partial charge in [0.1, 0.15) is 11.3 Å². The molecule has 31 heavy (non-hydrogen) atoms. The third-order valence-corrected chi connectivity index (χ3v) is 5.72. The molecule has 3 heterocycles. The Morgan fingerprint density at radius 1 is 1.26 bits per heavy atom. The first-order valence-electron chi connectivity index (χ1n) is 10.1. The van der Waals surface area contributed by atoms with Gasteiger partial charge in [-0.2, -0.15) is 5.10 Å². The number of benzene rings is 1. The van der Waals surface area contributed by atoms with Crippen LogP contribution in [0, 0.1) is 5.82 Å². The quantitative estimate of drug-likeness (QED) is 0.503. The van der Waals surface area contributed by atoms with Gasteiger partial charge in [-0.25, -0.2) is 4.39 Å². The average molecular weight is 419 g/mol. The van der Waals surface area contributed by atoms with Gasteiger partial charge in [0, 0.05) is 43.3 Å². The van der Waals surface area contributed by atoms with Gasteiger partial charge in [-0.1, -0.05) is 12.1 Å². The molecule has 0 aliphatic heterocycles. The van der Waals surface area contributed by atoms with E-state index in [-0.39, 0.29) is 24.8 Å². The molecule has 0 bridgehead atoms. The van der Waals surface area contributed by atoms with Crippen molar-refractivity contribution < 1.29 is 14.3 Å². The number of hydrogen-bond donors (Lipinski definition) is 2. The van der Waals surface area contributed by atoms with Crippen LogP contribution in [0.1, 0.15) is 28.8 Å². The third-order valence-electron chi connectivity index (χ3n) is 5.72. The molecule has 5 rings (SSSR count). The maximum absolute atomic E-state index is 14.9. The fourth-order valence-electron chi connectivity index (χ4n) is 3.69. The Kier molecular flexibility index (Phi) is 4.59. The maximum Gasteiger partial charge on any atom is 0.255 e. The summed E-state index contributed by atoms with van der Waals surface area (Å²) >= 11 is 0. The number of amides is 1. The van der Waals surface area contributed by atoms with Crippen LogP contribution < -0.4 is 5.32 Å². The first-order chi connectivity index (χ1) is 14.9. The predicted octanol–water partition coefficient (Wildman–Crippen LogP) is 2.88. The second kappa shape index (κ2) is 7.31. The van der Waals surface area contributed by atoms with E-state index in [4.69, 9.17) is 0 Å². The molecular formula is C23H22FN5O2. The molecule has 0 radical (unpaired) electrons. The summed E-state index contributed by atoms with van der Waals surface area (Å²) in [5.41, 5.74) is 3.04. The number of rotatable bonds is 6. The zero-order valence-corrected chi connectivity index (χ0v) is 17.0. The molecule has 1 aliphatic carbocycles. The lowest BCUT2D eigenvalue weighted by Gasteiger charge is -2.09. The van der Waals surface area contributed by atoms with Crippen LogP contribution in [0.15, 0.2) is 55.1 Å². The second-order valence-corrected chi connectivity index (χ2v) is 8.16. The molecule has 3 aromatic heterocycles. The molecule has 0 unspecified atom stereocenters. The van der Waals surface area contributed by atoms with Gasteiger partial charge in [0.25, 0.3) is 5.91 Å². The molecule has 1 fully saturated rings. The third kappa shape index (κ3) is 3.82. The van der Waals surface area contributed by atoms with E-state index in [9.17, 15) is 14.3 Å². The Bertz CT molecular complexity index is 1290. The highest BCUT2D eigenvalue weighted by Gasteiger charge is 2.40. The molecule has 158 valence electrons. The van der Waals surface area contributed by atoms with E-state index in [0.717, 1.165) is 16.6 Å². The van der Waals surface area contributed by atoms with Crippen LogP contribution >= 0.6 is 0 Å². The van der Waals surface area contributed by atoms with Crippen molar-refractivity contribution in [3.05, 3.63) is 72.1 Å². The molecule has 4 aromatic rings. The van der Waals surface area contributed by atoms with Gasteiger partial charge in [0.15, 0.2) is 0 Å². The number of hydrogen-bond acceptors (Lipinski definition) is 4.